The van der Waals surface area contributed by atoms with Crippen LogP contribution in [0, 0.1) is 6.92 Å². The van der Waals surface area contributed by atoms with Gasteiger partial charge in [-0.2, -0.15) is 0 Å². The molecule has 3 nitrogen and oxygen atoms in total. The lowest BCUT2D eigenvalue weighted by Crippen LogP contribution is -1.96. The molecule has 4 heteroatoms. The van der Waals surface area contributed by atoms with E-state index in [1.165, 1.54) is 12.8 Å². The van der Waals surface area contributed by atoms with E-state index in [0.29, 0.717) is 12.4 Å². The maximum Gasteiger partial charge on any atom is 0.226 e. The summed E-state index contributed by atoms with van der Waals surface area (Å²) in [4.78, 5) is 0. The molecule has 1 atom stereocenters. The van der Waals surface area contributed by atoms with Crippen LogP contribution in [0.1, 0.15) is 44.2 Å². The van der Waals surface area contributed by atoms with Crippen molar-refractivity contribution in [1.29, 1.82) is 0 Å². The monoisotopic (exact) mass is 360 g/mol. The third-order valence-corrected chi connectivity index (χ3v) is 5.13. The van der Waals surface area contributed by atoms with Crippen molar-refractivity contribution in [2.24, 2.45) is 0 Å². The van der Waals surface area contributed by atoms with E-state index >= 15 is 0 Å². The van der Waals surface area contributed by atoms with Crippen molar-refractivity contribution in [3.8, 4) is 22.6 Å². The zero-order valence-electron chi connectivity index (χ0n) is 15.7. The van der Waals surface area contributed by atoms with Gasteiger partial charge in [-0.15, -0.1) is 0 Å². The second-order valence-corrected chi connectivity index (χ2v) is 7.58. The molecule has 1 unspecified atom stereocenters. The molecule has 136 valence electrons. The molecule has 0 aromatic heterocycles. The summed E-state index contributed by atoms with van der Waals surface area (Å²) < 4.78 is 11.7. The predicted molar refractivity (Wildman–Crippen MR) is 107 cm³/mol. The van der Waals surface area contributed by atoms with Gasteiger partial charge in [-0.3, -0.25) is 0 Å². The summed E-state index contributed by atoms with van der Waals surface area (Å²) >= 11 is 0. The van der Waals surface area contributed by atoms with Crippen LogP contribution in [0.25, 0.3) is 11.1 Å². The number of unbranched alkanes of at least 4 members (excludes halogenated alkanes) is 2. The van der Waals surface area contributed by atoms with Crippen molar-refractivity contribution in [2.75, 3.05) is 13.3 Å². The Labute approximate surface area is 152 Å². The molecule has 0 radical (unpaired) electrons. The molecule has 25 heavy (non-hydrogen) atoms. The first-order valence-corrected chi connectivity index (χ1v) is 10.6. The Morgan fingerprint density at radius 3 is 2.56 bits per heavy atom. The van der Waals surface area contributed by atoms with Gasteiger partial charge in [-0.25, -0.2) is 0 Å². The van der Waals surface area contributed by atoms with Gasteiger partial charge in [0.15, 0.2) is 0 Å². The molecule has 0 fully saturated rings. The Morgan fingerprint density at radius 2 is 1.88 bits per heavy atom. The Bertz CT molecular complexity index is 685. The summed E-state index contributed by atoms with van der Waals surface area (Å²) in [6.45, 7) is 8.76. The zero-order chi connectivity index (χ0) is 18.2. The number of hydrogen-bond acceptors (Lipinski definition) is 3. The van der Waals surface area contributed by atoms with E-state index in [-0.39, 0.29) is 5.75 Å². The highest BCUT2D eigenvalue weighted by Gasteiger charge is 2.17. The molecule has 2 aromatic carbocycles. The molecule has 2 aromatic rings. The molecular formula is C21H29O3P. The minimum absolute atomic E-state index is 0.273. The second kappa shape index (κ2) is 9.79. The Hall–Kier alpha value is -1.57. The number of phenols is 1. The van der Waals surface area contributed by atoms with E-state index in [1.54, 1.807) is 0 Å². The molecule has 0 spiro atoms. The van der Waals surface area contributed by atoms with E-state index in [2.05, 4.69) is 19.1 Å². The van der Waals surface area contributed by atoms with E-state index in [1.807, 2.05) is 44.8 Å². The maximum atomic E-state index is 10.7. The molecule has 0 aliphatic rings. The lowest BCUT2D eigenvalue weighted by Gasteiger charge is -2.19. The number of rotatable bonds is 9. The summed E-state index contributed by atoms with van der Waals surface area (Å²) in [7, 11) is -1.02. The molecule has 2 rings (SSSR count). The number of hydrogen-bond donors (Lipinski definition) is 1. The Balaban J connectivity index is 2.41. The highest BCUT2D eigenvalue weighted by atomic mass is 31.2. The number of aryl methyl sites for hydroxylation is 2. The maximum absolute atomic E-state index is 10.7. The van der Waals surface area contributed by atoms with Gasteiger partial charge in [0.05, 0.1) is 12.2 Å². The fourth-order valence-electron chi connectivity index (χ4n) is 2.89. The molecule has 0 amide bonds. The summed E-state index contributed by atoms with van der Waals surface area (Å²) in [6.07, 6.45) is 4.44. The fraction of sp³-hybridized carbons (Fsp3) is 0.429. The Kier molecular flexibility index (Phi) is 7.74. The van der Waals surface area contributed by atoms with Crippen LogP contribution in [-0.4, -0.2) is 18.4 Å². The van der Waals surface area contributed by atoms with Crippen LogP contribution in [0.5, 0.6) is 11.5 Å². The highest BCUT2D eigenvalue weighted by molar-refractivity contribution is 7.46. The lowest BCUT2D eigenvalue weighted by atomic mass is 9.98. The lowest BCUT2D eigenvalue weighted by molar-refractivity contribution is 0.338. The second-order valence-electron chi connectivity index (χ2n) is 6.26. The van der Waals surface area contributed by atoms with Crippen LogP contribution in [-0.2, 0) is 10.9 Å². The third-order valence-electron chi connectivity index (χ3n) is 4.05. The fourth-order valence-corrected chi connectivity index (χ4v) is 3.73. The van der Waals surface area contributed by atoms with Crippen molar-refractivity contribution in [3.63, 3.8) is 0 Å². The summed E-state index contributed by atoms with van der Waals surface area (Å²) in [5.41, 5.74) is 3.97. The largest absolute Gasteiger partial charge is 0.507 e. The predicted octanol–water partition coefficient (Wildman–Crippen LogP) is 6.46. The third kappa shape index (κ3) is 5.73. The zero-order valence-corrected chi connectivity index (χ0v) is 16.6. The number of benzene rings is 2. The van der Waals surface area contributed by atoms with Gasteiger partial charge >= 0.3 is 0 Å². The van der Waals surface area contributed by atoms with Crippen molar-refractivity contribution in [2.45, 2.75) is 46.5 Å². The van der Waals surface area contributed by atoms with Crippen molar-refractivity contribution >= 4 is 8.38 Å². The van der Waals surface area contributed by atoms with E-state index in [9.17, 15) is 5.11 Å². The van der Waals surface area contributed by atoms with Crippen LogP contribution in [0.15, 0.2) is 36.4 Å². The van der Waals surface area contributed by atoms with Gasteiger partial charge in [-0.1, -0.05) is 49.6 Å². The normalized spacial score (nSPS) is 12.2. The van der Waals surface area contributed by atoms with Gasteiger partial charge < -0.3 is 14.2 Å². The van der Waals surface area contributed by atoms with Crippen molar-refractivity contribution in [3.05, 3.63) is 47.5 Å². The quantitative estimate of drug-likeness (QED) is 0.412. The smallest absolute Gasteiger partial charge is 0.226 e. The molecule has 0 aliphatic heterocycles. The first-order chi connectivity index (χ1) is 12.0. The molecule has 1 N–H and O–H groups in total. The van der Waals surface area contributed by atoms with Gasteiger partial charge in [0, 0.05) is 6.66 Å². The molecule has 0 saturated heterocycles. The molecule has 0 saturated carbocycles. The molecular weight excluding hydrogens is 331 g/mol. The van der Waals surface area contributed by atoms with Gasteiger partial charge in [0.25, 0.3) is 0 Å². The number of aromatic hydroxyl groups is 1. The van der Waals surface area contributed by atoms with E-state index in [0.717, 1.165) is 35.1 Å². The molecule has 0 heterocycles. The first kappa shape index (κ1) is 19.8. The average Bonchev–Trinajstić information content (AvgIpc) is 2.55. The number of phenolic OH excluding ortho intramolecular Hbond substituents is 1. The minimum Gasteiger partial charge on any atom is -0.507 e. The van der Waals surface area contributed by atoms with Gasteiger partial charge in [0.1, 0.15) is 11.5 Å². The van der Waals surface area contributed by atoms with Crippen LogP contribution >= 0.6 is 8.38 Å². The molecule has 0 aliphatic carbocycles. The van der Waals surface area contributed by atoms with Crippen LogP contribution < -0.4 is 4.52 Å². The summed E-state index contributed by atoms with van der Waals surface area (Å²) in [6, 6.07) is 12.1. The first-order valence-electron chi connectivity index (χ1n) is 9.02. The van der Waals surface area contributed by atoms with Crippen LogP contribution in [0.4, 0.5) is 0 Å². The topological polar surface area (TPSA) is 38.7 Å². The summed E-state index contributed by atoms with van der Waals surface area (Å²) in [5.74, 6) is 0.980. The highest BCUT2D eigenvalue weighted by Crippen LogP contribution is 2.45. The summed E-state index contributed by atoms with van der Waals surface area (Å²) in [5, 5.41) is 10.7. The molecule has 0 bridgehead atoms. The standard InChI is InChI=1S/C21H29O3P/c1-5-7-8-11-17-14-19(22)21(18-12-9-10-16(3)13-18)20(15-17)24-25(4)23-6-2/h9-10,12-15,22H,5-8,11H2,1-4H3. The van der Waals surface area contributed by atoms with Gasteiger partial charge in [0.2, 0.25) is 8.38 Å². The minimum atomic E-state index is -1.02. The van der Waals surface area contributed by atoms with Crippen molar-refractivity contribution in [1.82, 2.24) is 0 Å². The van der Waals surface area contributed by atoms with Crippen LogP contribution in [0.3, 0.4) is 0 Å². The average molecular weight is 360 g/mol. The van der Waals surface area contributed by atoms with E-state index < -0.39 is 8.38 Å². The van der Waals surface area contributed by atoms with Gasteiger partial charge in [-0.05, 0) is 49.9 Å². The SMILES string of the molecule is CCCCCc1cc(O)c(-c2cccc(C)c2)c(OP(C)OCC)c1. The van der Waals surface area contributed by atoms with E-state index in [4.69, 9.17) is 9.05 Å². The van der Waals surface area contributed by atoms with Crippen LogP contribution in [0.2, 0.25) is 0 Å². The van der Waals surface area contributed by atoms with Crippen molar-refractivity contribution < 1.29 is 14.2 Å². The Morgan fingerprint density at radius 1 is 1.08 bits per heavy atom.